The summed E-state index contributed by atoms with van der Waals surface area (Å²) in [6.07, 6.45) is 0.336. The fourth-order valence-electron chi connectivity index (χ4n) is 3.85. The molecule has 0 radical (unpaired) electrons. The number of nitro groups is 1. The lowest BCUT2D eigenvalue weighted by Crippen LogP contribution is -2.26. The second-order valence-corrected chi connectivity index (χ2v) is 9.97. The van der Waals surface area contributed by atoms with E-state index in [2.05, 4.69) is 30.3 Å². The molecule has 0 fully saturated rings. The number of anilines is 1. The fraction of sp³-hybridized carbons (Fsp3) is 0.462. The van der Waals surface area contributed by atoms with Crippen molar-refractivity contribution in [3.05, 3.63) is 52.6 Å². The number of nitro benzene ring substituents is 1. The van der Waals surface area contributed by atoms with Crippen LogP contribution in [0.5, 0.6) is 0 Å². The lowest BCUT2D eigenvalue weighted by molar-refractivity contribution is -0.384. The van der Waals surface area contributed by atoms with E-state index in [4.69, 9.17) is 4.74 Å². The molecule has 0 N–H and O–H groups in total. The van der Waals surface area contributed by atoms with E-state index in [1.54, 1.807) is 13.0 Å². The minimum atomic E-state index is -0.429. The molecular weight excluding hydrogens is 506 g/mol. The SMILES string of the molecule is CCOC(=O)CCN(CC)c1ccc(N=N[C@@H](C)C(N=Nc2nc3ccc([N+](=O)[O-])cc3s2)C(C)C)cc1. The quantitative estimate of drug-likeness (QED) is 0.0970. The summed E-state index contributed by atoms with van der Waals surface area (Å²) in [6, 6.07) is 11.8. The molecule has 0 spiro atoms. The number of fused-ring (bicyclic) bond motifs is 1. The minimum absolute atomic E-state index is 0.0193. The number of carbonyl (C=O) groups excluding carboxylic acids is 1. The van der Waals surface area contributed by atoms with Crippen molar-refractivity contribution in [2.45, 2.75) is 53.1 Å². The number of hydrogen-bond acceptors (Lipinski definition) is 11. The third-order valence-electron chi connectivity index (χ3n) is 5.87. The first-order chi connectivity index (χ1) is 18.2. The molecule has 1 aromatic heterocycles. The van der Waals surface area contributed by atoms with Gasteiger partial charge in [-0.3, -0.25) is 14.9 Å². The number of aromatic nitrogens is 1. The highest BCUT2D eigenvalue weighted by Gasteiger charge is 2.21. The van der Waals surface area contributed by atoms with Gasteiger partial charge in [0.2, 0.25) is 5.13 Å². The molecule has 2 atom stereocenters. The largest absolute Gasteiger partial charge is 0.466 e. The van der Waals surface area contributed by atoms with Crippen molar-refractivity contribution in [1.82, 2.24) is 4.98 Å². The number of thiazole rings is 1. The maximum absolute atomic E-state index is 11.7. The lowest BCUT2D eigenvalue weighted by atomic mass is 9.99. The van der Waals surface area contributed by atoms with Crippen molar-refractivity contribution >= 4 is 49.7 Å². The number of esters is 1. The maximum atomic E-state index is 11.7. The molecule has 0 saturated heterocycles. The number of ether oxygens (including phenoxy) is 1. The molecule has 0 amide bonds. The Morgan fingerprint density at radius 2 is 1.84 bits per heavy atom. The van der Waals surface area contributed by atoms with Gasteiger partial charge in [-0.15, -0.1) is 5.11 Å². The van der Waals surface area contributed by atoms with E-state index in [-0.39, 0.29) is 29.7 Å². The highest BCUT2D eigenvalue weighted by Crippen LogP contribution is 2.31. The zero-order valence-electron chi connectivity index (χ0n) is 22.3. The van der Waals surface area contributed by atoms with Crippen LogP contribution in [0, 0.1) is 16.0 Å². The van der Waals surface area contributed by atoms with Gasteiger partial charge in [0.05, 0.1) is 45.9 Å². The highest BCUT2D eigenvalue weighted by atomic mass is 32.1. The van der Waals surface area contributed by atoms with Crippen LogP contribution in [0.3, 0.4) is 0 Å². The summed E-state index contributed by atoms with van der Waals surface area (Å²) in [5.41, 5.74) is 2.38. The summed E-state index contributed by atoms with van der Waals surface area (Å²) in [5, 5.41) is 29.2. The average molecular weight is 540 g/mol. The van der Waals surface area contributed by atoms with Gasteiger partial charge in [0, 0.05) is 30.9 Å². The van der Waals surface area contributed by atoms with E-state index in [9.17, 15) is 14.9 Å². The number of azo groups is 2. The van der Waals surface area contributed by atoms with E-state index in [0.29, 0.717) is 40.6 Å². The molecule has 3 aromatic rings. The Hall–Kier alpha value is -3.80. The molecule has 202 valence electrons. The molecule has 0 aliphatic rings. The van der Waals surface area contributed by atoms with Gasteiger partial charge in [0.15, 0.2) is 0 Å². The van der Waals surface area contributed by atoms with E-state index in [1.807, 2.05) is 52.0 Å². The molecule has 0 bridgehead atoms. The molecule has 3 rings (SSSR count). The van der Waals surface area contributed by atoms with Crippen LogP contribution in [0.4, 0.5) is 22.2 Å². The Balaban J connectivity index is 1.65. The zero-order valence-corrected chi connectivity index (χ0v) is 23.1. The van der Waals surface area contributed by atoms with E-state index >= 15 is 0 Å². The van der Waals surface area contributed by atoms with Gasteiger partial charge in [0.1, 0.15) is 0 Å². The van der Waals surface area contributed by atoms with Gasteiger partial charge >= 0.3 is 5.97 Å². The lowest BCUT2D eigenvalue weighted by Gasteiger charge is -2.22. The van der Waals surface area contributed by atoms with E-state index < -0.39 is 4.92 Å². The third-order valence-corrected chi connectivity index (χ3v) is 6.77. The molecular formula is C26H33N7O4S. The molecule has 1 unspecified atom stereocenters. The Bertz CT molecular complexity index is 1290. The number of hydrogen-bond donors (Lipinski definition) is 0. The predicted octanol–water partition coefficient (Wildman–Crippen LogP) is 7.26. The van der Waals surface area contributed by atoms with Crippen LogP contribution >= 0.6 is 11.3 Å². The summed E-state index contributed by atoms with van der Waals surface area (Å²) in [6.45, 7) is 11.6. The molecule has 0 aliphatic heterocycles. The first-order valence-electron chi connectivity index (χ1n) is 12.6. The van der Waals surface area contributed by atoms with Gasteiger partial charge in [-0.05, 0) is 57.0 Å². The summed E-state index contributed by atoms with van der Waals surface area (Å²) in [7, 11) is 0. The second kappa shape index (κ2) is 13.7. The van der Waals surface area contributed by atoms with Gasteiger partial charge in [-0.1, -0.05) is 25.2 Å². The second-order valence-electron chi connectivity index (χ2n) is 8.96. The van der Waals surface area contributed by atoms with Gasteiger partial charge < -0.3 is 9.64 Å². The molecule has 0 saturated carbocycles. The van der Waals surface area contributed by atoms with Crippen molar-refractivity contribution in [3.63, 3.8) is 0 Å². The van der Waals surface area contributed by atoms with Crippen molar-refractivity contribution in [2.24, 2.45) is 26.4 Å². The summed E-state index contributed by atoms with van der Waals surface area (Å²) in [4.78, 5) is 28.8. The Labute approximate surface area is 225 Å². The van der Waals surface area contributed by atoms with Gasteiger partial charge in [-0.2, -0.15) is 15.3 Å². The highest BCUT2D eigenvalue weighted by molar-refractivity contribution is 7.21. The van der Waals surface area contributed by atoms with E-state index in [1.165, 1.54) is 23.5 Å². The zero-order chi connectivity index (χ0) is 27.7. The normalized spacial score (nSPS) is 13.4. The number of nitrogens with zero attached hydrogens (tertiary/aromatic N) is 7. The van der Waals surface area contributed by atoms with Crippen LogP contribution in [0.15, 0.2) is 62.9 Å². The third kappa shape index (κ3) is 7.85. The van der Waals surface area contributed by atoms with Crippen LogP contribution in [-0.4, -0.2) is 47.7 Å². The molecule has 1 heterocycles. The van der Waals surface area contributed by atoms with E-state index in [0.717, 1.165) is 12.2 Å². The summed E-state index contributed by atoms with van der Waals surface area (Å²) >= 11 is 1.26. The smallest absolute Gasteiger partial charge is 0.307 e. The fourth-order valence-corrected chi connectivity index (χ4v) is 4.67. The van der Waals surface area contributed by atoms with Crippen LogP contribution in [0.2, 0.25) is 0 Å². The molecule has 38 heavy (non-hydrogen) atoms. The van der Waals surface area contributed by atoms with Gasteiger partial charge in [-0.25, -0.2) is 4.98 Å². The molecule has 11 nitrogen and oxygen atoms in total. The van der Waals surface area contributed by atoms with Crippen LogP contribution in [0.1, 0.15) is 41.0 Å². The molecule has 2 aromatic carbocycles. The van der Waals surface area contributed by atoms with Crippen molar-refractivity contribution < 1.29 is 14.5 Å². The van der Waals surface area contributed by atoms with Crippen LogP contribution in [-0.2, 0) is 9.53 Å². The first-order valence-corrected chi connectivity index (χ1v) is 13.4. The number of rotatable bonds is 13. The number of non-ortho nitro benzene ring substituents is 1. The van der Waals surface area contributed by atoms with Crippen LogP contribution in [0.25, 0.3) is 10.2 Å². The standard InChI is InChI=1S/C26H33N7O4S/c1-6-32(15-14-24(34)37-7-2)20-10-8-19(9-11-20)29-28-18(5)25(17(3)4)30-31-26-27-22-13-12-21(33(35)36)16-23(22)38-26/h8-13,16-18,25H,6-7,14-15H2,1-5H3/t18-,25?/m0/s1. The first kappa shape index (κ1) is 28.8. The Kier molecular flexibility index (Phi) is 10.3. The monoisotopic (exact) mass is 539 g/mol. The molecule has 12 heteroatoms. The average Bonchev–Trinajstić information content (AvgIpc) is 3.30. The Morgan fingerprint density at radius 1 is 1.11 bits per heavy atom. The number of carbonyl (C=O) groups is 1. The maximum Gasteiger partial charge on any atom is 0.307 e. The van der Waals surface area contributed by atoms with Crippen molar-refractivity contribution in [1.29, 1.82) is 0 Å². The van der Waals surface area contributed by atoms with Crippen LogP contribution < -0.4 is 4.90 Å². The summed E-state index contributed by atoms with van der Waals surface area (Å²) < 4.78 is 5.71. The van der Waals surface area contributed by atoms with Crippen molar-refractivity contribution in [3.8, 4) is 0 Å². The Morgan fingerprint density at radius 3 is 2.47 bits per heavy atom. The van der Waals surface area contributed by atoms with Crippen molar-refractivity contribution in [2.75, 3.05) is 24.6 Å². The minimum Gasteiger partial charge on any atom is -0.466 e. The predicted molar refractivity (Wildman–Crippen MR) is 149 cm³/mol. The topological polar surface area (TPSA) is 135 Å². The molecule has 0 aliphatic carbocycles. The van der Waals surface area contributed by atoms with Gasteiger partial charge in [0.25, 0.3) is 5.69 Å². The number of benzene rings is 2. The summed E-state index contributed by atoms with van der Waals surface area (Å²) in [5.74, 6) is -0.0441.